The summed E-state index contributed by atoms with van der Waals surface area (Å²) in [5.41, 5.74) is 1.96. The molecule has 0 bridgehead atoms. The number of ether oxygens (including phenoxy) is 1. The summed E-state index contributed by atoms with van der Waals surface area (Å²) in [6.07, 6.45) is -1.03. The molecule has 4 aliphatic rings. The second-order valence-corrected chi connectivity index (χ2v) is 6.79. The zero-order valence-electron chi connectivity index (χ0n) is 12.4. The number of carbonyl (C=O) groups is 3. The van der Waals surface area contributed by atoms with Crippen LogP contribution in [0.4, 0.5) is 0 Å². The predicted molar refractivity (Wildman–Crippen MR) is 75.4 cm³/mol. The summed E-state index contributed by atoms with van der Waals surface area (Å²) < 4.78 is 5.63. The van der Waals surface area contributed by atoms with E-state index in [4.69, 9.17) is 10.5 Å². The molecular formula is C15H18N2O6. The van der Waals surface area contributed by atoms with E-state index in [1.165, 1.54) is 0 Å². The number of nitrogens with one attached hydrogen (secondary N) is 1. The zero-order valence-corrected chi connectivity index (χ0v) is 12.4. The van der Waals surface area contributed by atoms with Crippen molar-refractivity contribution in [2.45, 2.75) is 42.6 Å². The Morgan fingerprint density at radius 3 is 2.83 bits per heavy atom. The third kappa shape index (κ3) is 1.39. The lowest BCUT2D eigenvalue weighted by Gasteiger charge is -2.50. The van der Waals surface area contributed by atoms with Crippen LogP contribution in [0.2, 0.25) is 0 Å². The number of aliphatic hydroxyl groups is 2. The van der Waals surface area contributed by atoms with Crippen molar-refractivity contribution in [3.8, 4) is 0 Å². The largest absolute Gasteiger partial charge is 0.504 e. The Morgan fingerprint density at radius 1 is 1.39 bits per heavy atom. The number of nitrogens with two attached hydrogens (primary N) is 1. The molecule has 2 aliphatic heterocycles. The molecule has 3 fully saturated rings. The molecule has 5 unspecified atom stereocenters. The van der Waals surface area contributed by atoms with E-state index in [1.807, 2.05) is 0 Å². The van der Waals surface area contributed by atoms with Crippen LogP contribution in [0, 0.1) is 5.41 Å². The van der Waals surface area contributed by atoms with Gasteiger partial charge in [-0.3, -0.25) is 14.4 Å². The van der Waals surface area contributed by atoms with Crippen LogP contribution in [0.1, 0.15) is 19.3 Å². The van der Waals surface area contributed by atoms with E-state index in [9.17, 15) is 24.6 Å². The monoisotopic (exact) mass is 322 g/mol. The smallest absolute Gasteiger partial charge is 0.198 e. The van der Waals surface area contributed by atoms with Crippen LogP contribution in [0.5, 0.6) is 0 Å². The van der Waals surface area contributed by atoms with Gasteiger partial charge in [-0.15, -0.1) is 0 Å². The van der Waals surface area contributed by atoms with Gasteiger partial charge in [-0.2, -0.15) is 0 Å². The Balaban J connectivity index is 1.93. The number of aliphatic hydroxyl groups excluding tert-OH is 2. The quantitative estimate of drug-likeness (QED) is 0.442. The maximum absolute atomic E-state index is 12.8. The highest BCUT2D eigenvalue weighted by Crippen LogP contribution is 2.66. The number of rotatable bonds is 3. The van der Waals surface area contributed by atoms with Crippen LogP contribution in [-0.4, -0.2) is 64.0 Å². The number of allylic oxidation sites excluding steroid dienone is 2. The Labute approximate surface area is 131 Å². The Morgan fingerprint density at radius 2 is 2.13 bits per heavy atom. The molecule has 0 radical (unpaired) electrons. The molecule has 0 aromatic carbocycles. The molecule has 1 spiro atoms. The maximum Gasteiger partial charge on any atom is 0.198 e. The standard InChI is InChI=1S/C15H18N2O6/c16-3-1-13(6-8(19)7(18)5-9(13)20)15-11(22)10(21)12-14(15,23-12)2-4-17-15/h5,11-12,17-18,22H,1-4,6,16H2. The average Bonchev–Trinajstić information content (AvgIpc) is 3.03. The van der Waals surface area contributed by atoms with E-state index in [0.29, 0.717) is 13.0 Å². The molecule has 2 heterocycles. The number of epoxide rings is 1. The fraction of sp³-hybridized carbons (Fsp3) is 0.667. The summed E-state index contributed by atoms with van der Waals surface area (Å²) in [7, 11) is 0. The molecule has 124 valence electrons. The molecule has 4 rings (SSSR count). The lowest BCUT2D eigenvalue weighted by molar-refractivity contribution is -0.152. The van der Waals surface area contributed by atoms with Crippen LogP contribution in [0.25, 0.3) is 0 Å². The van der Waals surface area contributed by atoms with E-state index in [1.54, 1.807) is 0 Å². The predicted octanol–water partition coefficient (Wildman–Crippen LogP) is -1.88. The lowest BCUT2D eigenvalue weighted by atomic mass is 9.56. The first-order chi connectivity index (χ1) is 10.9. The molecule has 8 nitrogen and oxygen atoms in total. The molecule has 23 heavy (non-hydrogen) atoms. The van der Waals surface area contributed by atoms with Gasteiger partial charge in [-0.1, -0.05) is 0 Å². The highest BCUT2D eigenvalue weighted by Gasteiger charge is 2.88. The third-order valence-corrected chi connectivity index (χ3v) is 6.01. The van der Waals surface area contributed by atoms with Gasteiger partial charge in [0.15, 0.2) is 29.2 Å². The fourth-order valence-electron chi connectivity index (χ4n) is 5.05. The second kappa shape index (κ2) is 4.27. The number of Topliss-reactive ketones (excluding diaryl/α,β-unsaturated/α-hetero) is 2. The number of hydrogen-bond acceptors (Lipinski definition) is 8. The topological polar surface area (TPSA) is 142 Å². The molecule has 0 aromatic rings. The summed E-state index contributed by atoms with van der Waals surface area (Å²) in [6.45, 7) is 0.559. The van der Waals surface area contributed by atoms with Gasteiger partial charge in [-0.05, 0) is 25.9 Å². The first kappa shape index (κ1) is 14.9. The van der Waals surface area contributed by atoms with Crippen molar-refractivity contribution in [2.24, 2.45) is 11.1 Å². The molecule has 2 aliphatic carbocycles. The fourth-order valence-corrected chi connectivity index (χ4v) is 5.05. The molecule has 0 amide bonds. The number of carbonyl (C=O) groups excluding carboxylic acids is 3. The van der Waals surface area contributed by atoms with Crippen molar-refractivity contribution in [1.82, 2.24) is 5.32 Å². The van der Waals surface area contributed by atoms with Gasteiger partial charge in [0, 0.05) is 12.5 Å². The Hall–Kier alpha value is -1.61. The highest BCUT2D eigenvalue weighted by molar-refractivity contribution is 6.12. The molecule has 5 atom stereocenters. The molecule has 2 saturated heterocycles. The van der Waals surface area contributed by atoms with Gasteiger partial charge in [0.2, 0.25) is 0 Å². The summed E-state index contributed by atoms with van der Waals surface area (Å²) in [4.78, 5) is 37.3. The average molecular weight is 322 g/mol. The molecule has 5 N–H and O–H groups in total. The van der Waals surface area contributed by atoms with Gasteiger partial charge in [0.25, 0.3) is 0 Å². The minimum Gasteiger partial charge on any atom is -0.504 e. The zero-order chi connectivity index (χ0) is 16.6. The van der Waals surface area contributed by atoms with Crippen LogP contribution in [-0.2, 0) is 19.1 Å². The maximum atomic E-state index is 12.8. The van der Waals surface area contributed by atoms with Crippen LogP contribution in [0.15, 0.2) is 11.8 Å². The third-order valence-electron chi connectivity index (χ3n) is 6.01. The van der Waals surface area contributed by atoms with Gasteiger partial charge in [0.05, 0.1) is 11.0 Å². The first-order valence-electron chi connectivity index (χ1n) is 7.69. The number of hydrogen-bond donors (Lipinski definition) is 4. The summed E-state index contributed by atoms with van der Waals surface area (Å²) >= 11 is 0. The van der Waals surface area contributed by atoms with Crippen molar-refractivity contribution < 1.29 is 29.3 Å². The van der Waals surface area contributed by atoms with Crippen molar-refractivity contribution in [2.75, 3.05) is 13.1 Å². The first-order valence-corrected chi connectivity index (χ1v) is 7.69. The van der Waals surface area contributed by atoms with E-state index < -0.39 is 51.9 Å². The summed E-state index contributed by atoms with van der Waals surface area (Å²) in [6, 6.07) is 0. The Bertz CT molecular complexity index is 675. The van der Waals surface area contributed by atoms with E-state index >= 15 is 0 Å². The van der Waals surface area contributed by atoms with E-state index in [-0.39, 0.29) is 19.4 Å². The molecular weight excluding hydrogens is 304 g/mol. The van der Waals surface area contributed by atoms with Crippen LogP contribution < -0.4 is 11.1 Å². The minimum atomic E-state index is -1.44. The van der Waals surface area contributed by atoms with Gasteiger partial charge in [0.1, 0.15) is 11.7 Å². The Kier molecular flexibility index (Phi) is 2.77. The number of ketones is 3. The molecule has 1 saturated carbocycles. The van der Waals surface area contributed by atoms with Crippen molar-refractivity contribution in [1.29, 1.82) is 0 Å². The van der Waals surface area contributed by atoms with E-state index in [0.717, 1.165) is 6.08 Å². The normalized spacial score (nSPS) is 48.3. The molecule has 8 heteroatoms. The SMILES string of the molecule is NCCC1(C23NCCC24OC4C(=O)C3O)CC(=O)C(O)=CC1=O. The van der Waals surface area contributed by atoms with Gasteiger partial charge in [-0.25, -0.2) is 0 Å². The van der Waals surface area contributed by atoms with Gasteiger partial charge < -0.3 is 26.0 Å². The van der Waals surface area contributed by atoms with Crippen molar-refractivity contribution in [3.63, 3.8) is 0 Å². The second-order valence-electron chi connectivity index (χ2n) is 6.79. The lowest BCUT2D eigenvalue weighted by Crippen LogP contribution is -2.71. The van der Waals surface area contributed by atoms with Crippen LogP contribution in [0.3, 0.4) is 0 Å². The summed E-state index contributed by atoms with van der Waals surface area (Å²) in [5, 5.41) is 23.4. The highest BCUT2D eigenvalue weighted by atomic mass is 16.6. The summed E-state index contributed by atoms with van der Waals surface area (Å²) in [5.74, 6) is -2.16. The van der Waals surface area contributed by atoms with E-state index in [2.05, 4.69) is 5.32 Å². The van der Waals surface area contributed by atoms with Crippen molar-refractivity contribution in [3.05, 3.63) is 11.8 Å². The minimum absolute atomic E-state index is 0.0959. The van der Waals surface area contributed by atoms with Crippen LogP contribution >= 0.6 is 0 Å². The molecule has 0 aromatic heterocycles. The van der Waals surface area contributed by atoms with Crippen molar-refractivity contribution >= 4 is 17.3 Å². The van der Waals surface area contributed by atoms with Gasteiger partial charge >= 0.3 is 0 Å².